The second-order valence-electron chi connectivity index (χ2n) is 10.0. The minimum Gasteiger partial charge on any atom is -0.443 e. The number of amides is 2. The molecule has 0 saturated carbocycles. The third-order valence-corrected chi connectivity index (χ3v) is 4.47. The lowest BCUT2D eigenvalue weighted by Crippen LogP contribution is -2.59. The molecule has 154 valence electrons. The molecule has 1 aromatic rings. The first-order chi connectivity index (χ1) is 12.8. The van der Waals surface area contributed by atoms with E-state index in [0.29, 0.717) is 6.42 Å². The Kier molecular flexibility index (Phi) is 6.37. The van der Waals surface area contributed by atoms with Crippen LogP contribution in [-0.2, 0) is 9.53 Å². The van der Waals surface area contributed by atoms with Gasteiger partial charge < -0.3 is 4.74 Å². The van der Waals surface area contributed by atoms with E-state index in [4.69, 9.17) is 9.73 Å². The summed E-state index contributed by atoms with van der Waals surface area (Å²) in [5.41, 5.74) is 0.923. The van der Waals surface area contributed by atoms with E-state index in [2.05, 4.69) is 20.8 Å². The molecule has 2 atom stereocenters. The number of imide groups is 1. The lowest BCUT2D eigenvalue weighted by atomic mass is 9.84. The van der Waals surface area contributed by atoms with Gasteiger partial charge in [0.15, 0.2) is 0 Å². The summed E-state index contributed by atoms with van der Waals surface area (Å²) < 4.78 is 5.60. The second-order valence-corrected chi connectivity index (χ2v) is 10.0. The van der Waals surface area contributed by atoms with Crippen molar-refractivity contribution in [1.29, 1.82) is 0 Å². The summed E-state index contributed by atoms with van der Waals surface area (Å²) >= 11 is 0. The Hall–Kier alpha value is -2.17. The van der Waals surface area contributed by atoms with Crippen molar-refractivity contribution < 1.29 is 14.3 Å². The zero-order chi connectivity index (χ0) is 21.3. The fourth-order valence-electron chi connectivity index (χ4n) is 3.42. The Morgan fingerprint density at radius 1 is 1.11 bits per heavy atom. The highest BCUT2D eigenvalue weighted by Crippen LogP contribution is 2.31. The molecule has 5 nitrogen and oxygen atoms in total. The van der Waals surface area contributed by atoms with E-state index in [0.717, 1.165) is 11.3 Å². The molecule has 1 aliphatic heterocycles. The van der Waals surface area contributed by atoms with Gasteiger partial charge in [-0.25, -0.2) is 9.69 Å². The Morgan fingerprint density at radius 3 is 2.14 bits per heavy atom. The first-order valence-electron chi connectivity index (χ1n) is 9.99. The topological polar surface area (TPSA) is 59.0 Å². The lowest BCUT2D eigenvalue weighted by Gasteiger charge is -2.40. The zero-order valence-electron chi connectivity index (χ0n) is 18.4. The van der Waals surface area contributed by atoms with Gasteiger partial charge in [0.25, 0.3) is 5.91 Å². The minimum atomic E-state index is -0.681. The van der Waals surface area contributed by atoms with E-state index in [-0.39, 0.29) is 17.2 Å². The number of nitrogens with zero attached hydrogens (tertiary/aromatic N) is 2. The third-order valence-electron chi connectivity index (χ3n) is 4.47. The van der Waals surface area contributed by atoms with Crippen molar-refractivity contribution >= 4 is 17.7 Å². The Balaban J connectivity index is 2.58. The van der Waals surface area contributed by atoms with Crippen LogP contribution in [0.5, 0.6) is 0 Å². The van der Waals surface area contributed by atoms with Gasteiger partial charge in [-0.3, -0.25) is 9.79 Å². The van der Waals surface area contributed by atoms with Gasteiger partial charge in [-0.2, -0.15) is 0 Å². The van der Waals surface area contributed by atoms with E-state index in [1.54, 1.807) is 0 Å². The Bertz CT molecular complexity index is 739. The average molecular weight is 387 g/mol. The number of carbonyl (C=O) groups is 2. The number of rotatable bonds is 3. The summed E-state index contributed by atoms with van der Waals surface area (Å²) in [5.74, 6) is -0.270. The monoisotopic (exact) mass is 386 g/mol. The number of benzene rings is 1. The van der Waals surface area contributed by atoms with Crippen molar-refractivity contribution in [2.24, 2.45) is 16.3 Å². The van der Waals surface area contributed by atoms with Gasteiger partial charge in [-0.1, -0.05) is 65.0 Å². The summed E-state index contributed by atoms with van der Waals surface area (Å²) in [5, 5.41) is 0. The lowest BCUT2D eigenvalue weighted by molar-refractivity contribution is -0.134. The number of ether oxygens (including phenoxy) is 1. The first kappa shape index (κ1) is 22.1. The molecule has 1 aliphatic rings. The molecule has 1 heterocycles. The Labute approximate surface area is 169 Å². The third kappa shape index (κ3) is 5.43. The van der Waals surface area contributed by atoms with Crippen molar-refractivity contribution in [3.63, 3.8) is 0 Å². The number of carbonyl (C=O) groups excluding carboxylic acids is 2. The van der Waals surface area contributed by atoms with E-state index >= 15 is 0 Å². The fraction of sp³-hybridized carbons (Fsp3) is 0.609. The van der Waals surface area contributed by atoms with E-state index < -0.39 is 23.8 Å². The van der Waals surface area contributed by atoms with E-state index in [1.807, 2.05) is 65.0 Å². The van der Waals surface area contributed by atoms with Crippen LogP contribution in [-0.4, -0.2) is 40.3 Å². The standard InChI is InChI=1S/C23H34N2O3/c1-15(2)19-18(16-12-10-9-11-13-16)24-17(14-22(3,4)5)20(26)25(19)21(27)28-23(6,7)8/h9-13,15,17,19H,14H2,1-8H3/t17?,19-/m0/s1. The van der Waals surface area contributed by atoms with Gasteiger partial charge in [0.1, 0.15) is 11.6 Å². The van der Waals surface area contributed by atoms with Crippen molar-refractivity contribution in [3.8, 4) is 0 Å². The van der Waals surface area contributed by atoms with E-state index in [9.17, 15) is 9.59 Å². The normalized spacial score (nSPS) is 21.0. The van der Waals surface area contributed by atoms with Crippen molar-refractivity contribution in [1.82, 2.24) is 4.90 Å². The number of hydrogen-bond acceptors (Lipinski definition) is 4. The van der Waals surface area contributed by atoms with Gasteiger partial charge in [-0.15, -0.1) is 0 Å². The molecule has 0 bridgehead atoms. The molecular weight excluding hydrogens is 352 g/mol. The molecule has 1 unspecified atom stereocenters. The molecule has 0 spiro atoms. The smallest absolute Gasteiger partial charge is 0.417 e. The van der Waals surface area contributed by atoms with Crippen LogP contribution in [0.25, 0.3) is 0 Å². The molecule has 0 radical (unpaired) electrons. The minimum absolute atomic E-state index is 0.00557. The molecule has 0 N–H and O–H groups in total. The summed E-state index contributed by atoms with van der Waals surface area (Å²) in [6.45, 7) is 15.6. The quantitative estimate of drug-likeness (QED) is 0.727. The van der Waals surface area contributed by atoms with E-state index in [1.165, 1.54) is 4.90 Å². The van der Waals surface area contributed by atoms with Crippen LogP contribution in [0.2, 0.25) is 0 Å². The molecule has 0 fully saturated rings. The van der Waals surface area contributed by atoms with Gasteiger partial charge in [-0.05, 0) is 44.1 Å². The number of aliphatic imine (C=N–C) groups is 1. The molecule has 0 aliphatic carbocycles. The van der Waals surface area contributed by atoms with Crippen LogP contribution in [0, 0.1) is 11.3 Å². The average Bonchev–Trinajstić information content (AvgIpc) is 2.53. The van der Waals surface area contributed by atoms with Crippen molar-refractivity contribution in [3.05, 3.63) is 35.9 Å². The molecule has 2 rings (SSSR count). The summed E-state index contributed by atoms with van der Waals surface area (Å²) in [6.07, 6.45) is -0.0369. The van der Waals surface area contributed by atoms with Crippen LogP contribution < -0.4 is 0 Å². The molecule has 5 heteroatoms. The highest BCUT2D eigenvalue weighted by Gasteiger charge is 2.45. The maximum atomic E-state index is 13.3. The predicted octanol–water partition coefficient (Wildman–Crippen LogP) is 5.08. The van der Waals surface area contributed by atoms with Gasteiger partial charge in [0.05, 0.1) is 11.8 Å². The fourth-order valence-corrected chi connectivity index (χ4v) is 3.42. The largest absolute Gasteiger partial charge is 0.443 e. The van der Waals surface area contributed by atoms with Crippen LogP contribution in [0.15, 0.2) is 35.3 Å². The van der Waals surface area contributed by atoms with Crippen LogP contribution in [0.1, 0.15) is 67.4 Å². The van der Waals surface area contributed by atoms with Crippen LogP contribution in [0.3, 0.4) is 0 Å². The summed E-state index contributed by atoms with van der Waals surface area (Å²) in [7, 11) is 0. The SMILES string of the molecule is CC(C)[C@H]1C(c2ccccc2)=NC(CC(C)(C)C)C(=O)N1C(=O)OC(C)(C)C. The van der Waals surface area contributed by atoms with Crippen molar-refractivity contribution in [2.75, 3.05) is 0 Å². The maximum absolute atomic E-state index is 13.3. The summed E-state index contributed by atoms with van der Waals surface area (Å²) in [4.78, 5) is 32.6. The molecule has 0 saturated heterocycles. The molecule has 28 heavy (non-hydrogen) atoms. The zero-order valence-corrected chi connectivity index (χ0v) is 18.4. The van der Waals surface area contributed by atoms with Crippen LogP contribution >= 0.6 is 0 Å². The highest BCUT2D eigenvalue weighted by atomic mass is 16.6. The first-order valence-corrected chi connectivity index (χ1v) is 9.99. The van der Waals surface area contributed by atoms with Gasteiger partial charge >= 0.3 is 6.09 Å². The molecule has 2 amide bonds. The molecule has 1 aromatic carbocycles. The predicted molar refractivity (Wildman–Crippen MR) is 113 cm³/mol. The van der Waals surface area contributed by atoms with Crippen molar-refractivity contribution in [2.45, 2.75) is 79.5 Å². The maximum Gasteiger partial charge on any atom is 0.417 e. The molecule has 0 aromatic heterocycles. The highest BCUT2D eigenvalue weighted by molar-refractivity contribution is 6.13. The summed E-state index contributed by atoms with van der Waals surface area (Å²) in [6, 6.07) is 8.74. The molecular formula is C23H34N2O3. The van der Waals surface area contributed by atoms with Gasteiger partial charge in [0.2, 0.25) is 0 Å². The van der Waals surface area contributed by atoms with Gasteiger partial charge in [0, 0.05) is 0 Å². The number of hydrogen-bond donors (Lipinski definition) is 0. The van der Waals surface area contributed by atoms with Crippen LogP contribution in [0.4, 0.5) is 4.79 Å². The Morgan fingerprint density at radius 2 is 1.68 bits per heavy atom. The second kappa shape index (κ2) is 8.06.